The van der Waals surface area contributed by atoms with E-state index >= 15 is 0 Å². The first-order chi connectivity index (χ1) is 10.5. The normalized spacial score (nSPS) is 10.8. The summed E-state index contributed by atoms with van der Waals surface area (Å²) < 4.78 is 1.75. The molecule has 0 saturated carbocycles. The van der Waals surface area contributed by atoms with E-state index in [0.717, 1.165) is 4.90 Å². The lowest BCUT2D eigenvalue weighted by Crippen LogP contribution is -2.29. The molecule has 1 aromatic carbocycles. The summed E-state index contributed by atoms with van der Waals surface area (Å²) in [5, 5.41) is 14.2. The summed E-state index contributed by atoms with van der Waals surface area (Å²) in [4.78, 5) is 12.9. The van der Waals surface area contributed by atoms with Crippen molar-refractivity contribution in [2.24, 2.45) is 7.05 Å². The van der Waals surface area contributed by atoms with Crippen LogP contribution in [0.2, 0.25) is 5.02 Å². The SMILES string of the molecule is CC(C)Sc1c(Cl)cccc1NC(=O)NCc1nncn1C. The molecule has 22 heavy (non-hydrogen) atoms. The Hall–Kier alpha value is -1.73. The molecule has 118 valence electrons. The number of carbonyl (C=O) groups excluding carboxylic acids is 1. The first-order valence-corrected chi connectivity index (χ1v) is 8.06. The zero-order valence-electron chi connectivity index (χ0n) is 12.6. The predicted molar refractivity (Wildman–Crippen MR) is 89.3 cm³/mol. The first kappa shape index (κ1) is 16.6. The van der Waals surface area contributed by atoms with E-state index in [4.69, 9.17) is 11.6 Å². The Labute approximate surface area is 138 Å². The third kappa shape index (κ3) is 4.38. The molecule has 6 nitrogen and oxygen atoms in total. The van der Waals surface area contributed by atoms with E-state index < -0.39 is 0 Å². The van der Waals surface area contributed by atoms with Crippen LogP contribution in [0.25, 0.3) is 0 Å². The van der Waals surface area contributed by atoms with Crippen molar-refractivity contribution < 1.29 is 4.79 Å². The molecule has 0 atom stereocenters. The average Bonchev–Trinajstić information content (AvgIpc) is 2.85. The van der Waals surface area contributed by atoms with E-state index in [2.05, 4.69) is 34.7 Å². The van der Waals surface area contributed by atoms with Crippen molar-refractivity contribution in [2.45, 2.75) is 30.5 Å². The van der Waals surface area contributed by atoms with Gasteiger partial charge in [0.15, 0.2) is 5.82 Å². The molecule has 0 fully saturated rings. The molecule has 0 aliphatic carbocycles. The molecule has 0 spiro atoms. The highest BCUT2D eigenvalue weighted by Gasteiger charge is 2.12. The topological polar surface area (TPSA) is 71.8 Å². The van der Waals surface area contributed by atoms with E-state index in [-0.39, 0.29) is 6.03 Å². The summed E-state index contributed by atoms with van der Waals surface area (Å²) in [5.41, 5.74) is 0.696. The molecule has 1 heterocycles. The zero-order valence-corrected chi connectivity index (χ0v) is 14.2. The van der Waals surface area contributed by atoms with Gasteiger partial charge in [-0.15, -0.1) is 22.0 Å². The minimum Gasteiger partial charge on any atom is -0.331 e. The third-order valence-electron chi connectivity index (χ3n) is 2.78. The molecule has 0 unspecified atom stereocenters. The molecule has 0 aliphatic heterocycles. The molecule has 0 aliphatic rings. The van der Waals surface area contributed by atoms with Crippen LogP contribution in [0.5, 0.6) is 0 Å². The Bertz CT molecular complexity index is 658. The van der Waals surface area contributed by atoms with Gasteiger partial charge in [0.1, 0.15) is 6.33 Å². The van der Waals surface area contributed by atoms with Crippen molar-refractivity contribution >= 4 is 35.1 Å². The number of hydrogen-bond acceptors (Lipinski definition) is 4. The number of nitrogens with one attached hydrogen (secondary N) is 2. The number of hydrogen-bond donors (Lipinski definition) is 2. The highest BCUT2D eigenvalue weighted by molar-refractivity contribution is 8.00. The summed E-state index contributed by atoms with van der Waals surface area (Å²) in [5.74, 6) is 0.679. The quantitative estimate of drug-likeness (QED) is 0.820. The second-order valence-electron chi connectivity index (χ2n) is 4.95. The van der Waals surface area contributed by atoms with Crippen molar-refractivity contribution in [3.8, 4) is 0 Å². The molecular formula is C14H18ClN5OS. The monoisotopic (exact) mass is 339 g/mol. The number of rotatable bonds is 5. The number of nitrogens with zero attached hydrogens (tertiary/aromatic N) is 3. The summed E-state index contributed by atoms with van der Waals surface area (Å²) in [6.07, 6.45) is 1.59. The number of urea groups is 1. The lowest BCUT2D eigenvalue weighted by molar-refractivity contribution is 0.251. The van der Waals surface area contributed by atoms with Gasteiger partial charge >= 0.3 is 6.03 Å². The third-order valence-corrected chi connectivity index (χ3v) is 4.35. The number of anilines is 1. The largest absolute Gasteiger partial charge is 0.331 e. The van der Waals surface area contributed by atoms with Crippen LogP contribution in [-0.4, -0.2) is 26.0 Å². The number of aryl methyl sites for hydroxylation is 1. The van der Waals surface area contributed by atoms with Crippen LogP contribution in [0.1, 0.15) is 19.7 Å². The van der Waals surface area contributed by atoms with Crippen molar-refractivity contribution in [3.63, 3.8) is 0 Å². The van der Waals surface area contributed by atoms with Crippen LogP contribution in [-0.2, 0) is 13.6 Å². The molecule has 0 saturated heterocycles. The van der Waals surface area contributed by atoms with Gasteiger partial charge in [-0.25, -0.2) is 4.79 Å². The summed E-state index contributed by atoms with van der Waals surface area (Å²) in [6, 6.07) is 5.15. The Morgan fingerprint density at radius 3 is 2.86 bits per heavy atom. The maximum Gasteiger partial charge on any atom is 0.319 e. The van der Waals surface area contributed by atoms with E-state index in [9.17, 15) is 4.79 Å². The maximum atomic E-state index is 12.0. The maximum absolute atomic E-state index is 12.0. The van der Waals surface area contributed by atoms with E-state index in [1.807, 2.05) is 25.2 Å². The summed E-state index contributed by atoms with van der Waals surface area (Å²) in [6.45, 7) is 4.45. The second-order valence-corrected chi connectivity index (χ2v) is 6.94. The van der Waals surface area contributed by atoms with Gasteiger partial charge < -0.3 is 15.2 Å². The van der Waals surface area contributed by atoms with Crippen LogP contribution in [0, 0.1) is 0 Å². The zero-order chi connectivity index (χ0) is 16.1. The molecule has 2 rings (SSSR count). The number of amides is 2. The molecule has 0 bridgehead atoms. The predicted octanol–water partition coefficient (Wildman–Crippen LogP) is 3.29. The minimum atomic E-state index is -0.309. The molecule has 1 aromatic heterocycles. The smallest absolute Gasteiger partial charge is 0.319 e. The Kier molecular flexibility index (Phi) is 5.68. The van der Waals surface area contributed by atoms with Gasteiger partial charge in [0, 0.05) is 17.2 Å². The number of aromatic nitrogens is 3. The van der Waals surface area contributed by atoms with Gasteiger partial charge in [0.25, 0.3) is 0 Å². The standard InChI is InChI=1S/C14H18ClN5OS/c1-9(2)22-13-10(15)5-4-6-11(13)18-14(21)16-7-12-19-17-8-20(12)3/h4-6,8-9H,7H2,1-3H3,(H2,16,18,21). The van der Waals surface area contributed by atoms with Crippen LogP contribution in [0.15, 0.2) is 29.4 Å². The van der Waals surface area contributed by atoms with Gasteiger partial charge in [-0.1, -0.05) is 31.5 Å². The Morgan fingerprint density at radius 2 is 2.23 bits per heavy atom. The number of benzene rings is 1. The first-order valence-electron chi connectivity index (χ1n) is 6.80. The number of thioether (sulfide) groups is 1. The molecule has 2 N–H and O–H groups in total. The molecule has 8 heteroatoms. The lowest BCUT2D eigenvalue weighted by Gasteiger charge is -2.14. The van der Waals surface area contributed by atoms with Gasteiger partial charge in [-0.3, -0.25) is 0 Å². The second kappa shape index (κ2) is 7.51. The molecule has 2 amide bonds. The Balaban J connectivity index is 2.02. The van der Waals surface area contributed by atoms with Crippen molar-refractivity contribution in [1.82, 2.24) is 20.1 Å². The Morgan fingerprint density at radius 1 is 1.45 bits per heavy atom. The van der Waals surface area contributed by atoms with Gasteiger partial charge in [0.05, 0.1) is 17.3 Å². The fourth-order valence-electron chi connectivity index (χ4n) is 1.76. The van der Waals surface area contributed by atoms with Crippen LogP contribution >= 0.6 is 23.4 Å². The van der Waals surface area contributed by atoms with E-state index in [1.165, 1.54) is 0 Å². The lowest BCUT2D eigenvalue weighted by atomic mass is 10.3. The van der Waals surface area contributed by atoms with Crippen molar-refractivity contribution in [3.05, 3.63) is 35.4 Å². The number of carbonyl (C=O) groups is 1. The highest BCUT2D eigenvalue weighted by atomic mass is 35.5. The molecular weight excluding hydrogens is 322 g/mol. The van der Waals surface area contributed by atoms with Gasteiger partial charge in [0.2, 0.25) is 0 Å². The summed E-state index contributed by atoms with van der Waals surface area (Å²) in [7, 11) is 1.82. The highest BCUT2D eigenvalue weighted by Crippen LogP contribution is 2.36. The summed E-state index contributed by atoms with van der Waals surface area (Å²) >= 11 is 7.83. The fraction of sp³-hybridized carbons (Fsp3) is 0.357. The van der Waals surface area contributed by atoms with Crippen molar-refractivity contribution in [2.75, 3.05) is 5.32 Å². The van der Waals surface area contributed by atoms with E-state index in [1.54, 1.807) is 22.7 Å². The van der Waals surface area contributed by atoms with Crippen LogP contribution in [0.4, 0.5) is 10.5 Å². The van der Waals surface area contributed by atoms with Gasteiger partial charge in [-0.05, 0) is 12.1 Å². The van der Waals surface area contributed by atoms with E-state index in [0.29, 0.717) is 28.3 Å². The molecule has 0 radical (unpaired) electrons. The van der Waals surface area contributed by atoms with Crippen LogP contribution < -0.4 is 10.6 Å². The van der Waals surface area contributed by atoms with Crippen LogP contribution in [0.3, 0.4) is 0 Å². The molecule has 2 aromatic rings. The number of halogens is 1. The average molecular weight is 340 g/mol. The fourth-order valence-corrected chi connectivity index (χ4v) is 2.96. The van der Waals surface area contributed by atoms with Gasteiger partial charge in [-0.2, -0.15) is 0 Å². The minimum absolute atomic E-state index is 0.301. The van der Waals surface area contributed by atoms with Crippen molar-refractivity contribution in [1.29, 1.82) is 0 Å².